The summed E-state index contributed by atoms with van der Waals surface area (Å²) in [5.41, 5.74) is 0.571. The van der Waals surface area contributed by atoms with Gasteiger partial charge in [0.05, 0.1) is 13.2 Å². The van der Waals surface area contributed by atoms with Gasteiger partial charge >= 0.3 is 0 Å². The normalized spacial score (nSPS) is 17.8. The summed E-state index contributed by atoms with van der Waals surface area (Å²) in [6, 6.07) is 1.10. The lowest BCUT2D eigenvalue weighted by Crippen LogP contribution is -2.55. The molecule has 0 aliphatic carbocycles. The maximum absolute atomic E-state index is 12.6. The molecule has 0 radical (unpaired) electrons. The van der Waals surface area contributed by atoms with Crippen LogP contribution in [0.4, 0.5) is 0 Å². The van der Waals surface area contributed by atoms with Crippen molar-refractivity contribution in [2.75, 3.05) is 33.4 Å². The first-order valence-corrected chi connectivity index (χ1v) is 7.34. The average molecular weight is 308 g/mol. The van der Waals surface area contributed by atoms with Crippen molar-refractivity contribution in [2.24, 2.45) is 0 Å². The molecule has 0 bridgehead atoms. The van der Waals surface area contributed by atoms with Crippen LogP contribution in [0.3, 0.4) is 0 Å². The quantitative estimate of drug-likeness (QED) is 0.734. The van der Waals surface area contributed by atoms with E-state index in [0.29, 0.717) is 23.6 Å². The van der Waals surface area contributed by atoms with Crippen LogP contribution in [0, 0.1) is 11.8 Å². The predicted molar refractivity (Wildman–Crippen MR) is 78.0 cm³/mol. The van der Waals surface area contributed by atoms with Gasteiger partial charge in [-0.2, -0.15) is 0 Å². The molecule has 1 aromatic heterocycles. The summed E-state index contributed by atoms with van der Waals surface area (Å²) in [6.07, 6.45) is 0. The minimum Gasteiger partial charge on any atom is -0.384 e. The molecule has 0 saturated carbocycles. The third-order valence-electron chi connectivity index (χ3n) is 3.10. The van der Waals surface area contributed by atoms with Crippen molar-refractivity contribution >= 4 is 23.2 Å². The first-order valence-electron chi connectivity index (χ1n) is 6.46. The number of thiophene rings is 1. The molecule has 1 aliphatic rings. The maximum Gasteiger partial charge on any atom is 0.266 e. The number of ether oxygens (including phenoxy) is 1. The van der Waals surface area contributed by atoms with Crippen molar-refractivity contribution in [1.82, 2.24) is 10.2 Å². The number of carbonyl (C=O) groups is 2. The van der Waals surface area contributed by atoms with Crippen LogP contribution in [0.15, 0.2) is 11.4 Å². The predicted octanol–water partition coefficient (Wildman–Crippen LogP) is -0.321. The van der Waals surface area contributed by atoms with E-state index >= 15 is 0 Å². The number of nitrogens with one attached hydrogen (secondary N) is 1. The van der Waals surface area contributed by atoms with E-state index in [2.05, 4.69) is 17.2 Å². The van der Waals surface area contributed by atoms with E-state index in [1.54, 1.807) is 11.4 Å². The molecule has 21 heavy (non-hydrogen) atoms. The van der Waals surface area contributed by atoms with Crippen LogP contribution in [-0.2, 0) is 9.53 Å². The second-order valence-electron chi connectivity index (χ2n) is 4.33. The van der Waals surface area contributed by atoms with Crippen molar-refractivity contribution in [1.29, 1.82) is 0 Å². The summed E-state index contributed by atoms with van der Waals surface area (Å²) in [5, 5.41) is 13.1. The van der Waals surface area contributed by atoms with Gasteiger partial charge in [0.15, 0.2) is 0 Å². The molecule has 1 aromatic rings. The fourth-order valence-corrected chi connectivity index (χ4v) is 2.87. The lowest BCUT2D eigenvalue weighted by Gasteiger charge is -2.34. The van der Waals surface area contributed by atoms with Crippen molar-refractivity contribution < 1.29 is 19.4 Å². The molecule has 1 atom stereocenters. The Kier molecular flexibility index (Phi) is 5.33. The molecular weight excluding hydrogens is 292 g/mol. The number of aliphatic hydroxyl groups is 1. The molecule has 1 saturated heterocycles. The molecule has 1 fully saturated rings. The van der Waals surface area contributed by atoms with Gasteiger partial charge in [-0.1, -0.05) is 11.8 Å². The van der Waals surface area contributed by atoms with Crippen LogP contribution >= 0.6 is 11.3 Å². The maximum atomic E-state index is 12.6. The molecule has 2 rings (SSSR count). The lowest BCUT2D eigenvalue weighted by molar-refractivity contribution is -0.130. The van der Waals surface area contributed by atoms with E-state index in [1.165, 1.54) is 23.3 Å². The zero-order valence-electron chi connectivity index (χ0n) is 11.6. The van der Waals surface area contributed by atoms with Gasteiger partial charge in [-0.15, -0.1) is 11.3 Å². The number of amides is 2. The third-order valence-corrected chi connectivity index (χ3v) is 4.00. The van der Waals surface area contributed by atoms with Gasteiger partial charge in [0, 0.05) is 19.2 Å². The van der Waals surface area contributed by atoms with Crippen LogP contribution in [0.2, 0.25) is 0 Å². The average Bonchev–Trinajstić information content (AvgIpc) is 2.99. The fourth-order valence-electron chi connectivity index (χ4n) is 2.07. The Morgan fingerprint density at radius 2 is 2.43 bits per heavy atom. The number of likely N-dealkylation sites (N-methyl/N-ethyl adjacent to an activating group) is 1. The van der Waals surface area contributed by atoms with Gasteiger partial charge in [-0.3, -0.25) is 9.59 Å². The van der Waals surface area contributed by atoms with Gasteiger partial charge in [0.2, 0.25) is 5.91 Å². The summed E-state index contributed by atoms with van der Waals surface area (Å²) in [4.78, 5) is 26.5. The molecular formula is C14H16N2O4S. The van der Waals surface area contributed by atoms with Crippen LogP contribution in [-0.4, -0.2) is 61.3 Å². The number of carbonyl (C=O) groups excluding carboxylic acids is 2. The summed E-state index contributed by atoms with van der Waals surface area (Å²) in [6.45, 7) is 0.695. The Morgan fingerprint density at radius 3 is 3.14 bits per heavy atom. The molecule has 1 aliphatic heterocycles. The highest BCUT2D eigenvalue weighted by Gasteiger charge is 2.33. The summed E-state index contributed by atoms with van der Waals surface area (Å²) >= 11 is 1.28. The Labute approximate surface area is 126 Å². The standard InChI is InChI=1S/C14H16N2O4S/c1-15-13(18)11-9-20-7-5-16(11)14(19)12-10(3-2-6-17)4-8-21-12/h4,8,11,17H,5-7,9H2,1H3,(H,15,18). The monoisotopic (exact) mass is 308 g/mol. The largest absolute Gasteiger partial charge is 0.384 e. The first-order chi connectivity index (χ1) is 10.2. The van der Waals surface area contributed by atoms with Crippen molar-refractivity contribution in [3.05, 3.63) is 21.9 Å². The molecule has 112 valence electrons. The fraction of sp³-hybridized carbons (Fsp3) is 0.429. The minimum atomic E-state index is -0.628. The van der Waals surface area contributed by atoms with Crippen molar-refractivity contribution in [3.8, 4) is 11.8 Å². The highest BCUT2D eigenvalue weighted by atomic mass is 32.1. The van der Waals surface area contributed by atoms with Crippen LogP contribution in [0.5, 0.6) is 0 Å². The van der Waals surface area contributed by atoms with Gasteiger partial charge in [0.25, 0.3) is 5.91 Å². The van der Waals surface area contributed by atoms with Crippen molar-refractivity contribution in [2.45, 2.75) is 6.04 Å². The third kappa shape index (κ3) is 3.42. The Bertz CT molecular complexity index is 587. The number of hydrogen-bond acceptors (Lipinski definition) is 5. The van der Waals surface area contributed by atoms with E-state index in [0.717, 1.165) is 0 Å². The zero-order chi connectivity index (χ0) is 15.2. The smallest absolute Gasteiger partial charge is 0.266 e. The highest BCUT2D eigenvalue weighted by Crippen LogP contribution is 2.21. The number of nitrogens with zero attached hydrogens (tertiary/aromatic N) is 1. The SMILES string of the molecule is CNC(=O)C1COCCN1C(=O)c1sccc1C#CCO. The van der Waals surface area contributed by atoms with E-state index in [1.807, 2.05) is 0 Å². The van der Waals surface area contributed by atoms with Gasteiger partial charge in [-0.05, 0) is 11.4 Å². The molecule has 0 aromatic carbocycles. The topological polar surface area (TPSA) is 78.9 Å². The van der Waals surface area contributed by atoms with Gasteiger partial charge in [-0.25, -0.2) is 0 Å². The highest BCUT2D eigenvalue weighted by molar-refractivity contribution is 7.12. The number of morpholine rings is 1. The number of aliphatic hydroxyl groups excluding tert-OH is 1. The van der Waals surface area contributed by atoms with Gasteiger partial charge in [0.1, 0.15) is 17.5 Å². The van der Waals surface area contributed by atoms with E-state index in [9.17, 15) is 9.59 Å². The molecule has 6 nitrogen and oxygen atoms in total. The molecule has 7 heteroatoms. The van der Waals surface area contributed by atoms with Crippen molar-refractivity contribution in [3.63, 3.8) is 0 Å². The van der Waals surface area contributed by atoms with Gasteiger partial charge < -0.3 is 20.1 Å². The van der Waals surface area contributed by atoms with Crippen LogP contribution in [0.25, 0.3) is 0 Å². The second-order valence-corrected chi connectivity index (χ2v) is 5.24. The number of rotatable bonds is 2. The Hall–Kier alpha value is -1.88. The van der Waals surface area contributed by atoms with E-state index < -0.39 is 6.04 Å². The second kappa shape index (κ2) is 7.22. The zero-order valence-corrected chi connectivity index (χ0v) is 12.4. The first kappa shape index (κ1) is 15.5. The molecule has 1 unspecified atom stereocenters. The minimum absolute atomic E-state index is 0.189. The Morgan fingerprint density at radius 1 is 1.62 bits per heavy atom. The molecule has 0 spiro atoms. The van der Waals surface area contributed by atoms with Crippen LogP contribution < -0.4 is 5.32 Å². The van der Waals surface area contributed by atoms with E-state index in [-0.39, 0.29) is 25.0 Å². The number of hydrogen-bond donors (Lipinski definition) is 2. The van der Waals surface area contributed by atoms with Crippen LogP contribution in [0.1, 0.15) is 15.2 Å². The molecule has 2 heterocycles. The summed E-state index contributed by atoms with van der Waals surface area (Å²) < 4.78 is 5.29. The Balaban J connectivity index is 2.25. The summed E-state index contributed by atoms with van der Waals surface area (Å²) in [7, 11) is 1.53. The molecule has 2 N–H and O–H groups in total. The molecule has 2 amide bonds. The summed E-state index contributed by atoms with van der Waals surface area (Å²) in [5.74, 6) is 4.80. The lowest BCUT2D eigenvalue weighted by atomic mass is 10.1. The van der Waals surface area contributed by atoms with E-state index in [4.69, 9.17) is 9.84 Å².